The van der Waals surface area contributed by atoms with Crippen LogP contribution in [0.3, 0.4) is 0 Å². The standard InChI is InChI=1S/C24H25N3O/c1-17-12-20(21(15-25)16-26)14-22(28-17)7-5-18-6-8-23-19(13-18)9-11-27-10-3-2-4-24(23)27/h5-7,12-14,23-24H,2-4,8-11H2,1H3. The van der Waals surface area contributed by atoms with E-state index in [1.165, 1.54) is 44.3 Å². The first kappa shape index (κ1) is 18.5. The van der Waals surface area contributed by atoms with Gasteiger partial charge in [-0.25, -0.2) is 0 Å². The Morgan fingerprint density at radius 3 is 2.82 bits per heavy atom. The molecule has 0 amide bonds. The molecule has 3 aliphatic heterocycles. The average Bonchev–Trinajstić information content (AvgIpc) is 2.72. The molecular formula is C24H25N3O. The van der Waals surface area contributed by atoms with Crippen molar-refractivity contribution in [3.63, 3.8) is 0 Å². The first-order valence-corrected chi connectivity index (χ1v) is 10.1. The predicted octanol–water partition coefficient (Wildman–Crippen LogP) is 4.84. The highest BCUT2D eigenvalue weighted by molar-refractivity contribution is 5.53. The Morgan fingerprint density at radius 1 is 1.14 bits per heavy atom. The number of fused-ring (bicyclic) bond motifs is 3. The number of rotatable bonds is 2. The van der Waals surface area contributed by atoms with E-state index < -0.39 is 0 Å². The number of ether oxygens (including phenoxy) is 1. The van der Waals surface area contributed by atoms with Crippen LogP contribution in [0.5, 0.6) is 0 Å². The van der Waals surface area contributed by atoms with Crippen LogP contribution in [0.1, 0.15) is 39.0 Å². The van der Waals surface area contributed by atoms with Gasteiger partial charge < -0.3 is 4.74 Å². The molecule has 1 aliphatic carbocycles. The molecule has 3 heterocycles. The first-order chi connectivity index (χ1) is 13.7. The summed E-state index contributed by atoms with van der Waals surface area (Å²) < 4.78 is 5.75. The highest BCUT2D eigenvalue weighted by atomic mass is 16.5. The van der Waals surface area contributed by atoms with Gasteiger partial charge >= 0.3 is 0 Å². The Bertz CT molecular complexity index is 914. The molecule has 0 aromatic carbocycles. The highest BCUT2D eigenvalue weighted by Crippen LogP contribution is 2.39. The van der Waals surface area contributed by atoms with Crippen molar-refractivity contribution in [2.24, 2.45) is 5.92 Å². The largest absolute Gasteiger partial charge is 0.462 e. The van der Waals surface area contributed by atoms with E-state index >= 15 is 0 Å². The molecule has 2 fully saturated rings. The summed E-state index contributed by atoms with van der Waals surface area (Å²) in [5.74, 6) is 2.02. The Hall–Kier alpha value is -2.82. The maximum atomic E-state index is 9.11. The zero-order valence-electron chi connectivity index (χ0n) is 16.3. The third kappa shape index (κ3) is 3.75. The van der Waals surface area contributed by atoms with Crippen LogP contribution in [-0.2, 0) is 4.74 Å². The Kier molecular flexibility index (Phi) is 5.33. The van der Waals surface area contributed by atoms with E-state index in [4.69, 9.17) is 15.3 Å². The molecule has 0 radical (unpaired) electrons. The SMILES string of the molecule is CC1=CC(=C(C#N)C#N)C=C(C=CC2=CCC3C(=C2)CCN2CCCCC32)O1. The van der Waals surface area contributed by atoms with Gasteiger partial charge in [-0.3, -0.25) is 4.90 Å². The molecule has 4 aliphatic rings. The molecule has 4 rings (SSSR count). The van der Waals surface area contributed by atoms with Crippen molar-refractivity contribution in [1.29, 1.82) is 10.5 Å². The second-order valence-electron chi connectivity index (χ2n) is 7.91. The van der Waals surface area contributed by atoms with Crippen LogP contribution >= 0.6 is 0 Å². The molecule has 0 N–H and O–H groups in total. The minimum absolute atomic E-state index is 0.106. The normalized spacial score (nSPS) is 27.2. The maximum Gasteiger partial charge on any atom is 0.137 e. The lowest BCUT2D eigenvalue weighted by atomic mass is 9.75. The molecule has 0 spiro atoms. The smallest absolute Gasteiger partial charge is 0.137 e. The number of hydrogen-bond donors (Lipinski definition) is 0. The molecule has 0 saturated carbocycles. The molecule has 2 unspecified atom stereocenters. The molecular weight excluding hydrogens is 346 g/mol. The van der Waals surface area contributed by atoms with Crippen LogP contribution in [-0.4, -0.2) is 24.0 Å². The summed E-state index contributed by atoms with van der Waals surface area (Å²) in [7, 11) is 0. The van der Waals surface area contributed by atoms with E-state index in [1.807, 2.05) is 25.1 Å². The molecule has 0 aromatic rings. The quantitative estimate of drug-likeness (QED) is 0.652. The summed E-state index contributed by atoms with van der Waals surface area (Å²) in [5.41, 5.74) is 3.53. The fourth-order valence-corrected chi connectivity index (χ4v) is 4.81. The van der Waals surface area contributed by atoms with Gasteiger partial charge in [0.25, 0.3) is 0 Å². The number of allylic oxidation sites excluding steroid dienone is 10. The van der Waals surface area contributed by atoms with Crippen LogP contribution < -0.4 is 0 Å². The predicted molar refractivity (Wildman–Crippen MR) is 108 cm³/mol. The molecule has 142 valence electrons. The van der Waals surface area contributed by atoms with Crippen molar-refractivity contribution in [3.8, 4) is 12.1 Å². The van der Waals surface area contributed by atoms with E-state index in [2.05, 4.69) is 23.1 Å². The summed E-state index contributed by atoms with van der Waals surface area (Å²) in [6, 6.07) is 4.63. The van der Waals surface area contributed by atoms with Gasteiger partial charge in [0, 0.05) is 18.2 Å². The lowest BCUT2D eigenvalue weighted by molar-refractivity contribution is 0.0888. The molecule has 2 atom stereocenters. The summed E-state index contributed by atoms with van der Waals surface area (Å²) in [5, 5.41) is 18.2. The number of nitrogens with zero attached hydrogens (tertiary/aromatic N) is 3. The van der Waals surface area contributed by atoms with Gasteiger partial charge in [0.15, 0.2) is 0 Å². The Balaban J connectivity index is 1.50. The van der Waals surface area contributed by atoms with Crippen molar-refractivity contribution >= 4 is 0 Å². The van der Waals surface area contributed by atoms with Gasteiger partial charge in [0.2, 0.25) is 0 Å². The summed E-state index contributed by atoms with van der Waals surface area (Å²) >= 11 is 0. The van der Waals surface area contributed by atoms with Gasteiger partial charge in [-0.2, -0.15) is 10.5 Å². The minimum atomic E-state index is 0.106. The molecule has 4 nitrogen and oxygen atoms in total. The average molecular weight is 371 g/mol. The van der Waals surface area contributed by atoms with E-state index in [0.29, 0.717) is 23.0 Å². The second kappa shape index (κ2) is 8.05. The maximum absolute atomic E-state index is 9.11. The van der Waals surface area contributed by atoms with Crippen molar-refractivity contribution in [3.05, 3.63) is 70.3 Å². The van der Waals surface area contributed by atoms with E-state index in [9.17, 15) is 0 Å². The number of hydrogen-bond acceptors (Lipinski definition) is 4. The fourth-order valence-electron chi connectivity index (χ4n) is 4.81. The lowest BCUT2D eigenvalue weighted by Gasteiger charge is -2.46. The van der Waals surface area contributed by atoms with E-state index in [1.54, 1.807) is 17.7 Å². The molecule has 0 bridgehead atoms. The van der Waals surface area contributed by atoms with Crippen LogP contribution in [0.25, 0.3) is 0 Å². The summed E-state index contributed by atoms with van der Waals surface area (Å²) in [6.45, 7) is 4.30. The third-order valence-corrected chi connectivity index (χ3v) is 6.14. The van der Waals surface area contributed by atoms with Crippen LogP contribution in [0.4, 0.5) is 0 Å². The molecule has 28 heavy (non-hydrogen) atoms. The Morgan fingerprint density at radius 2 is 2.00 bits per heavy atom. The van der Waals surface area contributed by atoms with Gasteiger partial charge in [0.05, 0.1) is 0 Å². The summed E-state index contributed by atoms with van der Waals surface area (Å²) in [6.07, 6.45) is 18.5. The van der Waals surface area contributed by atoms with Crippen LogP contribution in [0.15, 0.2) is 70.3 Å². The fraction of sp³-hybridized carbons (Fsp3) is 0.417. The van der Waals surface area contributed by atoms with Gasteiger partial charge in [-0.15, -0.1) is 0 Å². The first-order valence-electron chi connectivity index (χ1n) is 10.1. The monoisotopic (exact) mass is 371 g/mol. The van der Waals surface area contributed by atoms with E-state index in [0.717, 1.165) is 12.5 Å². The van der Waals surface area contributed by atoms with Gasteiger partial charge in [-0.1, -0.05) is 30.2 Å². The van der Waals surface area contributed by atoms with Crippen molar-refractivity contribution < 1.29 is 4.74 Å². The van der Waals surface area contributed by atoms with Crippen molar-refractivity contribution in [1.82, 2.24) is 4.90 Å². The van der Waals surface area contributed by atoms with Crippen molar-refractivity contribution in [2.45, 2.75) is 45.1 Å². The molecule has 2 saturated heterocycles. The highest BCUT2D eigenvalue weighted by Gasteiger charge is 2.36. The topological polar surface area (TPSA) is 60.0 Å². The lowest BCUT2D eigenvalue weighted by Crippen LogP contribution is -2.49. The van der Waals surface area contributed by atoms with Crippen molar-refractivity contribution in [2.75, 3.05) is 13.1 Å². The van der Waals surface area contributed by atoms with Crippen LogP contribution in [0, 0.1) is 28.6 Å². The summed E-state index contributed by atoms with van der Waals surface area (Å²) in [4.78, 5) is 2.70. The van der Waals surface area contributed by atoms with Gasteiger partial charge in [-0.05, 0) is 68.9 Å². The molecule has 0 aromatic heterocycles. The number of nitriles is 2. The zero-order valence-corrected chi connectivity index (χ0v) is 16.3. The third-order valence-electron chi connectivity index (χ3n) is 6.14. The zero-order chi connectivity index (χ0) is 19.5. The second-order valence-corrected chi connectivity index (χ2v) is 7.91. The number of piperidine rings is 2. The minimum Gasteiger partial charge on any atom is -0.462 e. The molecule has 4 heteroatoms. The van der Waals surface area contributed by atoms with Crippen LogP contribution in [0.2, 0.25) is 0 Å². The van der Waals surface area contributed by atoms with E-state index in [-0.39, 0.29) is 5.57 Å². The Labute approximate surface area is 167 Å². The van der Waals surface area contributed by atoms with Gasteiger partial charge in [0.1, 0.15) is 29.2 Å².